The van der Waals surface area contributed by atoms with Crippen molar-refractivity contribution in [2.45, 2.75) is 13.3 Å². The monoisotopic (exact) mass is 320 g/mol. The summed E-state index contributed by atoms with van der Waals surface area (Å²) in [6.07, 6.45) is 2.24. The molecule has 0 atom stereocenters. The van der Waals surface area contributed by atoms with Crippen LogP contribution in [0.25, 0.3) is 5.69 Å². The van der Waals surface area contributed by atoms with E-state index in [-0.39, 0.29) is 11.5 Å². The molecule has 0 bridgehead atoms. The van der Waals surface area contributed by atoms with Gasteiger partial charge in [0.1, 0.15) is 5.82 Å². The first-order chi connectivity index (χ1) is 10.9. The number of aromatic nitrogens is 2. The maximum absolute atomic E-state index is 13.6. The van der Waals surface area contributed by atoms with Gasteiger partial charge in [-0.3, -0.25) is 4.79 Å². The van der Waals surface area contributed by atoms with Crippen LogP contribution >= 0.6 is 0 Å². The van der Waals surface area contributed by atoms with E-state index in [1.54, 1.807) is 12.3 Å². The largest absolute Gasteiger partial charge is 0.490 e. The number of nitrogens with zero attached hydrogens (tertiary/aromatic N) is 3. The average molecular weight is 320 g/mol. The number of hydrogen-bond donors (Lipinski definition) is 1. The van der Waals surface area contributed by atoms with Crippen molar-refractivity contribution in [3.63, 3.8) is 0 Å². The number of nitrogens with two attached hydrogens (primary N) is 1. The van der Waals surface area contributed by atoms with Crippen molar-refractivity contribution in [1.29, 1.82) is 0 Å². The number of primary amides is 1. The number of ether oxygens (including phenoxy) is 1. The molecule has 2 aromatic rings. The molecular weight excluding hydrogens is 299 g/mol. The van der Waals surface area contributed by atoms with Gasteiger partial charge in [-0.05, 0) is 51.2 Å². The van der Waals surface area contributed by atoms with Crippen LogP contribution in [0.3, 0.4) is 0 Å². The fraction of sp³-hybridized carbons (Fsp3) is 0.375. The number of halogens is 1. The third-order valence-electron chi connectivity index (χ3n) is 3.33. The summed E-state index contributed by atoms with van der Waals surface area (Å²) in [7, 11) is 3.90. The van der Waals surface area contributed by atoms with Crippen LogP contribution < -0.4 is 10.5 Å². The summed E-state index contributed by atoms with van der Waals surface area (Å²) >= 11 is 0. The zero-order valence-electron chi connectivity index (χ0n) is 13.5. The first-order valence-electron chi connectivity index (χ1n) is 7.38. The van der Waals surface area contributed by atoms with Crippen molar-refractivity contribution in [1.82, 2.24) is 14.7 Å². The number of rotatable bonds is 7. The lowest BCUT2D eigenvalue weighted by atomic mass is 10.1. The maximum atomic E-state index is 13.6. The molecular formula is C16H21FN4O2. The smallest absolute Gasteiger partial charge is 0.273 e. The zero-order valence-corrected chi connectivity index (χ0v) is 13.5. The summed E-state index contributed by atoms with van der Waals surface area (Å²) in [5, 5.41) is 4.20. The third-order valence-corrected chi connectivity index (χ3v) is 3.33. The van der Waals surface area contributed by atoms with Gasteiger partial charge in [-0.25, -0.2) is 9.07 Å². The second kappa shape index (κ2) is 7.23. The van der Waals surface area contributed by atoms with Crippen molar-refractivity contribution < 1.29 is 13.9 Å². The van der Waals surface area contributed by atoms with Gasteiger partial charge in [0.25, 0.3) is 5.91 Å². The Morgan fingerprint density at radius 1 is 1.43 bits per heavy atom. The molecule has 0 fully saturated rings. The molecule has 7 heteroatoms. The summed E-state index contributed by atoms with van der Waals surface area (Å²) in [6, 6.07) is 4.47. The van der Waals surface area contributed by atoms with Crippen LogP contribution in [0.5, 0.6) is 5.75 Å². The molecule has 2 rings (SSSR count). The van der Waals surface area contributed by atoms with E-state index in [0.29, 0.717) is 24.5 Å². The molecule has 0 saturated heterocycles. The molecule has 1 heterocycles. The molecule has 2 N–H and O–H groups in total. The molecule has 0 unspecified atom stereocenters. The van der Waals surface area contributed by atoms with Gasteiger partial charge in [0.05, 0.1) is 18.5 Å². The molecule has 0 radical (unpaired) electrons. The van der Waals surface area contributed by atoms with Crippen molar-refractivity contribution >= 4 is 5.91 Å². The highest BCUT2D eigenvalue weighted by Crippen LogP contribution is 2.23. The Balaban J connectivity index is 2.44. The Labute approximate surface area is 134 Å². The molecule has 124 valence electrons. The van der Waals surface area contributed by atoms with E-state index in [2.05, 4.69) is 5.10 Å². The molecule has 0 spiro atoms. The van der Waals surface area contributed by atoms with Crippen molar-refractivity contribution in [2.75, 3.05) is 27.2 Å². The molecule has 0 aliphatic carbocycles. The minimum atomic E-state index is -0.663. The molecule has 1 amide bonds. The zero-order chi connectivity index (χ0) is 17.0. The Hall–Kier alpha value is -2.41. The molecule has 1 aromatic carbocycles. The molecule has 6 nitrogen and oxygen atoms in total. The van der Waals surface area contributed by atoms with E-state index in [4.69, 9.17) is 10.5 Å². The topological polar surface area (TPSA) is 73.4 Å². The fourth-order valence-electron chi connectivity index (χ4n) is 2.24. The Bertz CT molecular complexity index is 697. The van der Waals surface area contributed by atoms with Crippen LogP contribution in [0.1, 0.15) is 23.0 Å². The highest BCUT2D eigenvalue weighted by Gasteiger charge is 2.17. The summed E-state index contributed by atoms with van der Waals surface area (Å²) in [6.45, 7) is 2.96. The van der Waals surface area contributed by atoms with Crippen LogP contribution in [0.4, 0.5) is 4.39 Å². The quantitative estimate of drug-likeness (QED) is 0.841. The van der Waals surface area contributed by atoms with Crippen molar-refractivity contribution in [2.24, 2.45) is 5.73 Å². The number of amides is 1. The molecule has 23 heavy (non-hydrogen) atoms. The average Bonchev–Trinajstić information content (AvgIpc) is 2.89. The highest BCUT2D eigenvalue weighted by atomic mass is 19.1. The Morgan fingerprint density at radius 3 is 2.78 bits per heavy atom. The van der Waals surface area contributed by atoms with Gasteiger partial charge < -0.3 is 15.4 Å². The van der Waals surface area contributed by atoms with E-state index in [0.717, 1.165) is 12.1 Å². The van der Waals surface area contributed by atoms with Crippen LogP contribution in [-0.2, 0) is 6.42 Å². The second-order valence-electron chi connectivity index (χ2n) is 5.41. The first kappa shape index (κ1) is 17.0. The summed E-state index contributed by atoms with van der Waals surface area (Å²) in [4.78, 5) is 13.5. The second-order valence-corrected chi connectivity index (χ2v) is 5.41. The number of benzene rings is 1. The maximum Gasteiger partial charge on any atom is 0.273 e. The van der Waals surface area contributed by atoms with Crippen LogP contribution in [0.15, 0.2) is 24.4 Å². The third kappa shape index (κ3) is 4.07. The van der Waals surface area contributed by atoms with Gasteiger partial charge in [0.2, 0.25) is 0 Å². The Morgan fingerprint density at radius 2 is 2.17 bits per heavy atom. The number of hydrogen-bond acceptors (Lipinski definition) is 4. The van der Waals surface area contributed by atoms with Crippen molar-refractivity contribution in [3.05, 3.63) is 41.5 Å². The number of carbonyl (C=O) groups excluding carboxylic acids is 1. The predicted molar refractivity (Wildman–Crippen MR) is 85.5 cm³/mol. The lowest BCUT2D eigenvalue weighted by Gasteiger charge is -2.13. The summed E-state index contributed by atoms with van der Waals surface area (Å²) in [5.74, 6) is -0.651. The van der Waals surface area contributed by atoms with Gasteiger partial charge >= 0.3 is 0 Å². The van der Waals surface area contributed by atoms with Crippen molar-refractivity contribution in [3.8, 4) is 11.4 Å². The lowest BCUT2D eigenvalue weighted by molar-refractivity contribution is 0.0991. The first-order valence-corrected chi connectivity index (χ1v) is 7.38. The van der Waals surface area contributed by atoms with E-state index < -0.39 is 5.91 Å². The van der Waals surface area contributed by atoms with Gasteiger partial charge in [-0.1, -0.05) is 0 Å². The highest BCUT2D eigenvalue weighted by molar-refractivity contribution is 5.93. The molecule has 0 aliphatic rings. The number of likely N-dealkylation sites (N-methyl/N-ethyl adjacent to an activating group) is 1. The number of carbonyl (C=O) groups is 1. The standard InChI is InChI=1S/C16H21FN4O2/c1-4-23-14-10-21(19-15(14)16(18)22)13-6-5-12(17)9-11(13)7-8-20(2)3/h5-6,9-10H,4,7-8H2,1-3H3,(H2,18,22). The van der Waals surface area contributed by atoms with Crippen LogP contribution in [0, 0.1) is 5.82 Å². The van der Waals surface area contributed by atoms with Gasteiger partial charge in [0, 0.05) is 6.54 Å². The predicted octanol–water partition coefficient (Wildman–Crippen LogP) is 1.61. The molecule has 0 saturated carbocycles. The lowest BCUT2D eigenvalue weighted by Crippen LogP contribution is -2.16. The minimum Gasteiger partial charge on any atom is -0.490 e. The van der Waals surface area contributed by atoms with E-state index in [1.807, 2.05) is 25.9 Å². The van der Waals surface area contributed by atoms with Gasteiger partial charge in [0.15, 0.2) is 11.4 Å². The van der Waals surface area contributed by atoms with E-state index in [9.17, 15) is 9.18 Å². The van der Waals surface area contributed by atoms with Gasteiger partial charge in [-0.2, -0.15) is 5.10 Å². The fourth-order valence-corrected chi connectivity index (χ4v) is 2.24. The molecule has 0 aliphatic heterocycles. The summed E-state index contributed by atoms with van der Waals surface area (Å²) in [5.41, 5.74) is 6.89. The van der Waals surface area contributed by atoms with E-state index in [1.165, 1.54) is 16.8 Å². The van der Waals surface area contributed by atoms with Crippen LogP contribution in [-0.4, -0.2) is 47.8 Å². The van der Waals surface area contributed by atoms with E-state index >= 15 is 0 Å². The molecule has 1 aromatic heterocycles. The Kier molecular flexibility index (Phi) is 5.33. The van der Waals surface area contributed by atoms with Crippen LogP contribution in [0.2, 0.25) is 0 Å². The summed E-state index contributed by atoms with van der Waals surface area (Å²) < 4.78 is 20.5. The SMILES string of the molecule is CCOc1cn(-c2ccc(F)cc2CCN(C)C)nc1C(N)=O. The minimum absolute atomic E-state index is 0.0646. The van der Waals surface area contributed by atoms with Gasteiger partial charge in [-0.15, -0.1) is 0 Å². The normalized spacial score (nSPS) is 11.0.